The number of rotatable bonds is 2. The summed E-state index contributed by atoms with van der Waals surface area (Å²) in [6, 6.07) is 10.2. The van der Waals surface area contributed by atoms with Crippen molar-refractivity contribution in [2.75, 3.05) is 19.3 Å². The van der Waals surface area contributed by atoms with Crippen LogP contribution in [0, 0.1) is 5.92 Å². The second-order valence-electron chi connectivity index (χ2n) is 3.40. The van der Waals surface area contributed by atoms with E-state index in [0.29, 0.717) is 19.3 Å². The molecule has 1 saturated heterocycles. The third-order valence-corrected chi connectivity index (χ3v) is 2.81. The van der Waals surface area contributed by atoms with Crippen LogP contribution in [-0.2, 0) is 9.47 Å². The Kier molecular flexibility index (Phi) is 3.40. The van der Waals surface area contributed by atoms with Crippen LogP contribution in [0.25, 0.3) is 0 Å². The number of benzene rings is 1. The monoisotopic (exact) mass is 212 g/mol. The fourth-order valence-corrected chi connectivity index (χ4v) is 1.93. The van der Waals surface area contributed by atoms with Gasteiger partial charge in [-0.05, 0) is 5.56 Å². The van der Waals surface area contributed by atoms with Gasteiger partial charge in [0, 0.05) is 11.8 Å². The molecule has 76 valence electrons. The zero-order valence-corrected chi connectivity index (χ0v) is 8.61. The van der Waals surface area contributed by atoms with Gasteiger partial charge in [0.25, 0.3) is 0 Å². The van der Waals surface area contributed by atoms with Crippen molar-refractivity contribution in [2.24, 2.45) is 5.92 Å². The van der Waals surface area contributed by atoms with Crippen molar-refractivity contribution in [3.8, 4) is 0 Å². The molecule has 1 aliphatic heterocycles. The van der Waals surface area contributed by atoms with E-state index in [1.54, 1.807) is 0 Å². The predicted octanol–water partition coefficient (Wildman–Crippen LogP) is 2.59. The normalized spacial score (nSPS) is 27.5. The van der Waals surface area contributed by atoms with Gasteiger partial charge in [0.05, 0.1) is 12.7 Å². The molecule has 2 nitrogen and oxygen atoms in total. The highest BCUT2D eigenvalue weighted by atomic mass is 35.5. The highest BCUT2D eigenvalue weighted by Crippen LogP contribution is 2.30. The first-order chi connectivity index (χ1) is 6.92. The summed E-state index contributed by atoms with van der Waals surface area (Å²) < 4.78 is 10.8. The summed E-state index contributed by atoms with van der Waals surface area (Å²) in [5, 5.41) is 0. The van der Waals surface area contributed by atoms with Crippen molar-refractivity contribution in [2.45, 2.75) is 6.10 Å². The first-order valence-corrected chi connectivity index (χ1v) is 5.25. The van der Waals surface area contributed by atoms with Gasteiger partial charge < -0.3 is 9.47 Å². The van der Waals surface area contributed by atoms with Gasteiger partial charge in [-0.3, -0.25) is 0 Å². The summed E-state index contributed by atoms with van der Waals surface area (Å²) in [6.45, 7) is 1.05. The lowest BCUT2D eigenvalue weighted by atomic mass is 9.97. The largest absolute Gasteiger partial charge is 0.355 e. The predicted molar refractivity (Wildman–Crippen MR) is 55.3 cm³/mol. The molecule has 1 fully saturated rings. The van der Waals surface area contributed by atoms with E-state index < -0.39 is 0 Å². The van der Waals surface area contributed by atoms with Crippen LogP contribution in [0.15, 0.2) is 30.3 Å². The van der Waals surface area contributed by atoms with Gasteiger partial charge in [-0.15, -0.1) is 11.6 Å². The third-order valence-electron chi connectivity index (χ3n) is 2.42. The summed E-state index contributed by atoms with van der Waals surface area (Å²) >= 11 is 5.86. The van der Waals surface area contributed by atoms with E-state index in [1.807, 2.05) is 18.2 Å². The Morgan fingerprint density at radius 3 is 2.79 bits per heavy atom. The number of hydrogen-bond donors (Lipinski definition) is 0. The van der Waals surface area contributed by atoms with Crippen molar-refractivity contribution >= 4 is 11.6 Å². The quantitative estimate of drug-likeness (QED) is 0.702. The average Bonchev–Trinajstić information content (AvgIpc) is 2.30. The van der Waals surface area contributed by atoms with E-state index in [2.05, 4.69) is 12.1 Å². The average molecular weight is 213 g/mol. The van der Waals surface area contributed by atoms with Crippen LogP contribution in [0.4, 0.5) is 0 Å². The minimum absolute atomic E-state index is 0.0856. The summed E-state index contributed by atoms with van der Waals surface area (Å²) in [5.41, 5.74) is 1.18. The van der Waals surface area contributed by atoms with Crippen molar-refractivity contribution in [1.29, 1.82) is 0 Å². The van der Waals surface area contributed by atoms with E-state index in [4.69, 9.17) is 21.1 Å². The van der Waals surface area contributed by atoms with Crippen LogP contribution in [0.3, 0.4) is 0 Å². The fourth-order valence-electron chi connectivity index (χ4n) is 1.68. The van der Waals surface area contributed by atoms with Gasteiger partial charge in [0.15, 0.2) is 0 Å². The van der Waals surface area contributed by atoms with E-state index in [0.717, 1.165) is 0 Å². The third kappa shape index (κ3) is 2.08. The molecule has 1 aromatic carbocycles. The second-order valence-corrected chi connectivity index (χ2v) is 3.71. The van der Waals surface area contributed by atoms with Crippen molar-refractivity contribution in [3.05, 3.63) is 35.9 Å². The molecule has 3 heteroatoms. The molecule has 0 spiro atoms. The second kappa shape index (κ2) is 4.78. The topological polar surface area (TPSA) is 18.5 Å². The summed E-state index contributed by atoms with van der Waals surface area (Å²) in [6.07, 6.45) is 0.0856. The number of halogens is 1. The number of alkyl halides is 1. The molecule has 0 aliphatic carbocycles. The summed E-state index contributed by atoms with van der Waals surface area (Å²) in [7, 11) is 0. The maximum absolute atomic E-state index is 5.86. The Labute approximate surface area is 88.8 Å². The molecule has 2 unspecified atom stereocenters. The SMILES string of the molecule is ClCC1COCOC1c1ccccc1. The molecule has 2 atom stereocenters. The molecule has 0 radical (unpaired) electrons. The van der Waals surface area contributed by atoms with Gasteiger partial charge in [0.2, 0.25) is 0 Å². The maximum atomic E-state index is 5.86. The van der Waals surface area contributed by atoms with Crippen LogP contribution in [0.2, 0.25) is 0 Å². The van der Waals surface area contributed by atoms with Gasteiger partial charge in [-0.25, -0.2) is 0 Å². The standard InChI is InChI=1S/C11H13ClO2/c12-6-10-7-13-8-14-11(10)9-4-2-1-3-5-9/h1-5,10-11H,6-8H2. The molecule has 0 bridgehead atoms. The van der Waals surface area contributed by atoms with Crippen LogP contribution in [0.1, 0.15) is 11.7 Å². The van der Waals surface area contributed by atoms with Crippen LogP contribution >= 0.6 is 11.6 Å². The van der Waals surface area contributed by atoms with E-state index >= 15 is 0 Å². The molecule has 1 heterocycles. The van der Waals surface area contributed by atoms with E-state index in [1.165, 1.54) is 5.56 Å². The zero-order chi connectivity index (χ0) is 9.80. The van der Waals surface area contributed by atoms with E-state index in [9.17, 15) is 0 Å². The Morgan fingerprint density at radius 2 is 2.07 bits per heavy atom. The van der Waals surface area contributed by atoms with Crippen molar-refractivity contribution < 1.29 is 9.47 Å². The Hall–Kier alpha value is -0.570. The fraction of sp³-hybridized carbons (Fsp3) is 0.455. The lowest BCUT2D eigenvalue weighted by Gasteiger charge is -2.30. The molecule has 1 aromatic rings. The molecule has 2 rings (SSSR count). The Bertz CT molecular complexity index is 276. The van der Waals surface area contributed by atoms with Gasteiger partial charge in [-0.1, -0.05) is 30.3 Å². The summed E-state index contributed by atoms with van der Waals surface area (Å²) in [4.78, 5) is 0. The molecule has 14 heavy (non-hydrogen) atoms. The minimum Gasteiger partial charge on any atom is -0.355 e. The lowest BCUT2D eigenvalue weighted by Crippen LogP contribution is -2.29. The smallest absolute Gasteiger partial charge is 0.147 e. The van der Waals surface area contributed by atoms with Crippen molar-refractivity contribution in [1.82, 2.24) is 0 Å². The summed E-state index contributed by atoms with van der Waals surface area (Å²) in [5.74, 6) is 0.826. The molecule has 0 amide bonds. The molecular formula is C11H13ClO2. The highest BCUT2D eigenvalue weighted by molar-refractivity contribution is 6.18. The lowest BCUT2D eigenvalue weighted by molar-refractivity contribution is -0.167. The van der Waals surface area contributed by atoms with Gasteiger partial charge in [-0.2, -0.15) is 0 Å². The molecule has 0 saturated carbocycles. The van der Waals surface area contributed by atoms with Crippen LogP contribution in [-0.4, -0.2) is 19.3 Å². The maximum Gasteiger partial charge on any atom is 0.147 e. The number of ether oxygens (including phenoxy) is 2. The zero-order valence-electron chi connectivity index (χ0n) is 7.86. The molecule has 0 N–H and O–H groups in total. The highest BCUT2D eigenvalue weighted by Gasteiger charge is 2.26. The molecular weight excluding hydrogens is 200 g/mol. The Morgan fingerprint density at radius 1 is 1.29 bits per heavy atom. The molecule has 1 aliphatic rings. The van der Waals surface area contributed by atoms with E-state index in [-0.39, 0.29) is 12.0 Å². The Balaban J connectivity index is 2.15. The van der Waals surface area contributed by atoms with Gasteiger partial charge >= 0.3 is 0 Å². The minimum atomic E-state index is 0.0856. The first kappa shape index (κ1) is 9.97. The first-order valence-electron chi connectivity index (χ1n) is 4.72. The van der Waals surface area contributed by atoms with Crippen LogP contribution < -0.4 is 0 Å². The van der Waals surface area contributed by atoms with Crippen LogP contribution in [0.5, 0.6) is 0 Å². The van der Waals surface area contributed by atoms with Gasteiger partial charge in [0.1, 0.15) is 6.79 Å². The van der Waals surface area contributed by atoms with Crippen molar-refractivity contribution in [3.63, 3.8) is 0 Å². The number of hydrogen-bond acceptors (Lipinski definition) is 2. The molecule has 0 aromatic heterocycles.